The molecule has 0 aliphatic heterocycles. The molecule has 0 radical (unpaired) electrons. The zero-order valence-electron chi connectivity index (χ0n) is 10.7. The van der Waals surface area contributed by atoms with E-state index < -0.39 is 15.6 Å². The first kappa shape index (κ1) is 15.4. The molecule has 1 N–H and O–H groups in total. The number of ether oxygens (including phenoxy) is 1. The van der Waals surface area contributed by atoms with Crippen molar-refractivity contribution in [2.75, 3.05) is 7.11 Å². The fraction of sp³-hybridized carbons (Fsp3) is 0.455. The number of nitrogens with one attached hydrogen (secondary N) is 1. The van der Waals surface area contributed by atoms with Crippen molar-refractivity contribution in [1.29, 1.82) is 0 Å². The summed E-state index contributed by atoms with van der Waals surface area (Å²) in [5, 5.41) is 0. The minimum absolute atomic E-state index is 0.0172. The Kier molecular flexibility index (Phi) is 4.77. The molecule has 1 rings (SSSR count). The highest BCUT2D eigenvalue weighted by molar-refractivity contribution is 9.10. The van der Waals surface area contributed by atoms with Gasteiger partial charge in [0, 0.05) is 4.47 Å². The fourth-order valence-electron chi connectivity index (χ4n) is 1.09. The lowest BCUT2D eigenvalue weighted by Crippen LogP contribution is -2.33. The summed E-state index contributed by atoms with van der Waals surface area (Å²) in [6.07, 6.45) is 0. The van der Waals surface area contributed by atoms with Gasteiger partial charge in [-0.2, -0.15) is 0 Å². The van der Waals surface area contributed by atoms with Gasteiger partial charge in [-0.05, 0) is 39.0 Å². The molecule has 0 saturated carbocycles. The maximum Gasteiger partial charge on any atom is 0.266 e. The summed E-state index contributed by atoms with van der Waals surface area (Å²) in [5.74, 6) is 0.253. The second-order valence-corrected chi connectivity index (χ2v) is 7.13. The summed E-state index contributed by atoms with van der Waals surface area (Å²) < 4.78 is 29.8. The molecule has 0 aliphatic carbocycles. The molecule has 0 saturated heterocycles. The van der Waals surface area contributed by atoms with Crippen molar-refractivity contribution in [3.05, 3.63) is 22.7 Å². The molecular formula is C11H16BrNO4S. The van der Waals surface area contributed by atoms with Gasteiger partial charge in [-0.25, -0.2) is 8.42 Å². The zero-order valence-corrected chi connectivity index (χ0v) is 13.1. The van der Waals surface area contributed by atoms with Gasteiger partial charge < -0.3 is 4.74 Å². The average molecular weight is 338 g/mol. The molecule has 0 amide bonds. The standard InChI is InChI=1S/C11H16BrNO4S/c1-11(2,3)17-13-18(14,15)10-7-8(12)5-6-9(10)16-4/h5-7,13H,1-4H3. The van der Waals surface area contributed by atoms with Crippen molar-refractivity contribution in [2.24, 2.45) is 0 Å². The highest BCUT2D eigenvalue weighted by Crippen LogP contribution is 2.27. The third-order valence-corrected chi connectivity index (χ3v) is 3.57. The van der Waals surface area contributed by atoms with E-state index in [9.17, 15) is 8.42 Å². The second kappa shape index (κ2) is 5.56. The smallest absolute Gasteiger partial charge is 0.266 e. The third-order valence-electron chi connectivity index (χ3n) is 1.87. The monoisotopic (exact) mass is 337 g/mol. The Hall–Kier alpha value is -0.630. The van der Waals surface area contributed by atoms with Gasteiger partial charge in [0.05, 0.1) is 12.7 Å². The third kappa shape index (κ3) is 4.24. The van der Waals surface area contributed by atoms with E-state index in [1.807, 2.05) is 0 Å². The van der Waals surface area contributed by atoms with Crippen molar-refractivity contribution in [1.82, 2.24) is 4.89 Å². The number of sulfonamides is 1. The molecule has 18 heavy (non-hydrogen) atoms. The van der Waals surface area contributed by atoms with Crippen LogP contribution < -0.4 is 9.62 Å². The van der Waals surface area contributed by atoms with Crippen LogP contribution in [-0.2, 0) is 14.9 Å². The van der Waals surface area contributed by atoms with E-state index in [4.69, 9.17) is 9.57 Å². The lowest BCUT2D eigenvalue weighted by Gasteiger charge is -2.19. The van der Waals surface area contributed by atoms with Crippen LogP contribution in [0, 0.1) is 0 Å². The Balaban J connectivity index is 3.08. The Bertz CT molecular complexity index is 522. The molecule has 5 nitrogen and oxygen atoms in total. The van der Waals surface area contributed by atoms with E-state index >= 15 is 0 Å². The Labute approximate surface area is 116 Å². The van der Waals surface area contributed by atoms with Gasteiger partial charge in [0.2, 0.25) is 0 Å². The maximum absolute atomic E-state index is 12.1. The molecule has 0 fully saturated rings. The van der Waals surface area contributed by atoms with Crippen LogP contribution in [0.15, 0.2) is 27.6 Å². The predicted octanol–water partition coefficient (Wildman–Crippen LogP) is 2.47. The first-order chi connectivity index (χ1) is 8.15. The number of benzene rings is 1. The van der Waals surface area contributed by atoms with Crippen molar-refractivity contribution in [2.45, 2.75) is 31.3 Å². The largest absolute Gasteiger partial charge is 0.495 e. The van der Waals surface area contributed by atoms with E-state index in [1.165, 1.54) is 13.2 Å². The van der Waals surface area contributed by atoms with Gasteiger partial charge >= 0.3 is 0 Å². The Morgan fingerprint density at radius 1 is 1.28 bits per heavy atom. The van der Waals surface area contributed by atoms with Crippen LogP contribution in [0.4, 0.5) is 0 Å². The zero-order chi connectivity index (χ0) is 14.0. The summed E-state index contributed by atoms with van der Waals surface area (Å²) in [6.45, 7) is 5.23. The van der Waals surface area contributed by atoms with E-state index in [0.29, 0.717) is 4.47 Å². The van der Waals surface area contributed by atoms with Gasteiger partial charge in [0.15, 0.2) is 0 Å². The van der Waals surface area contributed by atoms with Gasteiger partial charge in [-0.3, -0.25) is 4.84 Å². The van der Waals surface area contributed by atoms with Crippen LogP contribution in [0.2, 0.25) is 0 Å². The van der Waals surface area contributed by atoms with Crippen molar-refractivity contribution >= 4 is 26.0 Å². The molecule has 102 valence electrons. The molecule has 0 aromatic heterocycles. The molecule has 7 heteroatoms. The molecule has 1 aromatic carbocycles. The van der Waals surface area contributed by atoms with Crippen LogP contribution in [0.5, 0.6) is 5.75 Å². The number of rotatable bonds is 4. The van der Waals surface area contributed by atoms with Crippen molar-refractivity contribution in [3.8, 4) is 5.75 Å². The highest BCUT2D eigenvalue weighted by atomic mass is 79.9. The maximum atomic E-state index is 12.1. The number of hydrogen-bond acceptors (Lipinski definition) is 4. The first-order valence-corrected chi connectivity index (χ1v) is 7.47. The molecule has 1 aromatic rings. The summed E-state index contributed by atoms with van der Waals surface area (Å²) in [5.41, 5.74) is -0.619. The average Bonchev–Trinajstić information content (AvgIpc) is 2.26. The summed E-state index contributed by atoms with van der Waals surface area (Å²) in [7, 11) is -2.38. The van der Waals surface area contributed by atoms with E-state index in [2.05, 4.69) is 20.8 Å². The van der Waals surface area contributed by atoms with E-state index in [0.717, 1.165) is 0 Å². The SMILES string of the molecule is COc1ccc(Br)cc1S(=O)(=O)NOC(C)(C)C. The lowest BCUT2D eigenvalue weighted by molar-refractivity contribution is -0.0358. The van der Waals surface area contributed by atoms with Crippen LogP contribution >= 0.6 is 15.9 Å². The molecule has 0 unspecified atom stereocenters. The predicted molar refractivity (Wildman–Crippen MR) is 71.9 cm³/mol. The summed E-state index contributed by atoms with van der Waals surface area (Å²) in [6, 6.07) is 4.71. The summed E-state index contributed by atoms with van der Waals surface area (Å²) >= 11 is 3.22. The van der Waals surface area contributed by atoms with Crippen LogP contribution in [0.1, 0.15) is 20.8 Å². The quantitative estimate of drug-likeness (QED) is 0.857. The number of hydrogen-bond donors (Lipinski definition) is 1. The molecule has 0 spiro atoms. The first-order valence-electron chi connectivity index (χ1n) is 5.19. The lowest BCUT2D eigenvalue weighted by atomic mass is 10.2. The van der Waals surface area contributed by atoms with Crippen LogP contribution in [0.3, 0.4) is 0 Å². The molecular weight excluding hydrogens is 322 g/mol. The van der Waals surface area contributed by atoms with E-state index in [1.54, 1.807) is 32.9 Å². The topological polar surface area (TPSA) is 64.6 Å². The van der Waals surface area contributed by atoms with Crippen LogP contribution in [0.25, 0.3) is 0 Å². The normalized spacial score (nSPS) is 12.5. The van der Waals surface area contributed by atoms with Gasteiger partial charge in [-0.15, -0.1) is 0 Å². The Morgan fingerprint density at radius 2 is 1.89 bits per heavy atom. The molecule has 0 heterocycles. The van der Waals surface area contributed by atoms with E-state index in [-0.39, 0.29) is 10.6 Å². The fourth-order valence-corrected chi connectivity index (χ4v) is 2.75. The number of methoxy groups -OCH3 is 1. The Morgan fingerprint density at radius 3 is 2.39 bits per heavy atom. The van der Waals surface area contributed by atoms with Crippen LogP contribution in [-0.4, -0.2) is 21.1 Å². The minimum atomic E-state index is -3.79. The van der Waals surface area contributed by atoms with Crippen molar-refractivity contribution in [3.63, 3.8) is 0 Å². The molecule has 0 atom stereocenters. The van der Waals surface area contributed by atoms with Crippen molar-refractivity contribution < 1.29 is 18.0 Å². The molecule has 0 bridgehead atoms. The van der Waals surface area contributed by atoms with Gasteiger partial charge in [0.25, 0.3) is 10.0 Å². The molecule has 0 aliphatic rings. The summed E-state index contributed by atoms with van der Waals surface area (Å²) in [4.78, 5) is 7.18. The number of halogens is 1. The van der Waals surface area contributed by atoms with Gasteiger partial charge in [-0.1, -0.05) is 20.8 Å². The second-order valence-electron chi connectivity index (χ2n) is 4.60. The highest BCUT2D eigenvalue weighted by Gasteiger charge is 2.23. The van der Waals surface area contributed by atoms with Gasteiger partial charge in [0.1, 0.15) is 10.6 Å². The minimum Gasteiger partial charge on any atom is -0.495 e.